The van der Waals surface area contributed by atoms with Crippen molar-refractivity contribution in [2.45, 2.75) is 13.5 Å². The SMILES string of the molecule is CCOC(=O)Cn1c(Cl)nc2ccccc21. The zero-order valence-corrected chi connectivity index (χ0v) is 9.57. The third kappa shape index (κ3) is 2.02. The average molecular weight is 239 g/mol. The first kappa shape index (κ1) is 11.0. The number of carbonyl (C=O) groups excluding carboxylic acids is 1. The van der Waals surface area contributed by atoms with Gasteiger partial charge in [-0.05, 0) is 30.7 Å². The number of esters is 1. The molecule has 2 rings (SSSR count). The smallest absolute Gasteiger partial charge is 0.326 e. The van der Waals surface area contributed by atoms with Crippen molar-refractivity contribution in [3.05, 3.63) is 29.5 Å². The van der Waals surface area contributed by atoms with Crippen molar-refractivity contribution >= 4 is 28.6 Å². The number of carbonyl (C=O) groups is 1. The van der Waals surface area contributed by atoms with Gasteiger partial charge in [-0.25, -0.2) is 4.98 Å². The van der Waals surface area contributed by atoms with Crippen molar-refractivity contribution in [1.29, 1.82) is 0 Å². The van der Waals surface area contributed by atoms with Gasteiger partial charge in [0.25, 0.3) is 0 Å². The van der Waals surface area contributed by atoms with E-state index in [1.807, 2.05) is 24.3 Å². The molecule has 1 aromatic carbocycles. The molecule has 0 saturated carbocycles. The van der Waals surface area contributed by atoms with Crippen LogP contribution in [0.1, 0.15) is 6.92 Å². The van der Waals surface area contributed by atoms with Crippen LogP contribution in [0.3, 0.4) is 0 Å². The molecular formula is C11H11ClN2O2. The van der Waals surface area contributed by atoms with Crippen LogP contribution in [-0.4, -0.2) is 22.1 Å². The number of ether oxygens (including phenoxy) is 1. The fourth-order valence-corrected chi connectivity index (χ4v) is 1.77. The number of hydrogen-bond donors (Lipinski definition) is 0. The first-order valence-corrected chi connectivity index (χ1v) is 5.36. The summed E-state index contributed by atoms with van der Waals surface area (Å²) in [5, 5.41) is 0.300. The summed E-state index contributed by atoms with van der Waals surface area (Å²) in [4.78, 5) is 15.5. The minimum atomic E-state index is -0.312. The maximum atomic E-state index is 11.4. The standard InChI is InChI=1S/C11H11ClN2O2/c1-2-16-10(15)7-14-9-6-4-3-5-8(9)13-11(14)12/h3-6H,2,7H2,1H3. The zero-order chi connectivity index (χ0) is 11.5. The molecule has 4 nitrogen and oxygen atoms in total. The second kappa shape index (κ2) is 4.53. The van der Waals surface area contributed by atoms with Gasteiger partial charge in [-0.15, -0.1) is 0 Å². The van der Waals surface area contributed by atoms with Crippen LogP contribution in [0.25, 0.3) is 11.0 Å². The molecule has 0 bridgehead atoms. The van der Waals surface area contributed by atoms with Crippen LogP contribution in [0.15, 0.2) is 24.3 Å². The molecule has 0 aliphatic carbocycles. The molecule has 0 amide bonds. The van der Waals surface area contributed by atoms with Gasteiger partial charge in [0.15, 0.2) is 0 Å². The van der Waals surface area contributed by atoms with Gasteiger partial charge < -0.3 is 9.30 Å². The van der Waals surface area contributed by atoms with E-state index in [0.717, 1.165) is 11.0 Å². The molecule has 16 heavy (non-hydrogen) atoms. The van der Waals surface area contributed by atoms with Crippen molar-refractivity contribution < 1.29 is 9.53 Å². The summed E-state index contributed by atoms with van der Waals surface area (Å²) in [5.41, 5.74) is 1.61. The number of fused-ring (bicyclic) bond motifs is 1. The topological polar surface area (TPSA) is 44.1 Å². The third-order valence-corrected chi connectivity index (χ3v) is 2.49. The number of imidazole rings is 1. The summed E-state index contributed by atoms with van der Waals surface area (Å²) in [6.07, 6.45) is 0. The van der Waals surface area contributed by atoms with Gasteiger partial charge >= 0.3 is 5.97 Å². The lowest BCUT2D eigenvalue weighted by molar-refractivity contribution is -0.143. The normalized spacial score (nSPS) is 10.6. The Morgan fingerprint density at radius 3 is 3.00 bits per heavy atom. The van der Waals surface area contributed by atoms with Crippen molar-refractivity contribution in [1.82, 2.24) is 9.55 Å². The molecule has 0 atom stereocenters. The Morgan fingerprint density at radius 2 is 2.25 bits per heavy atom. The van der Waals surface area contributed by atoms with Gasteiger partial charge in [-0.1, -0.05) is 12.1 Å². The molecule has 0 saturated heterocycles. The van der Waals surface area contributed by atoms with Gasteiger partial charge in [0.2, 0.25) is 5.28 Å². The Bertz CT molecular complexity index is 522. The lowest BCUT2D eigenvalue weighted by Crippen LogP contribution is -2.13. The van der Waals surface area contributed by atoms with Crippen molar-refractivity contribution in [3.8, 4) is 0 Å². The third-order valence-electron chi connectivity index (χ3n) is 2.20. The zero-order valence-electron chi connectivity index (χ0n) is 8.81. The monoisotopic (exact) mass is 238 g/mol. The van der Waals surface area contributed by atoms with Crippen molar-refractivity contribution in [2.24, 2.45) is 0 Å². The number of para-hydroxylation sites is 2. The van der Waals surface area contributed by atoms with Gasteiger partial charge in [-0.2, -0.15) is 0 Å². The van der Waals surface area contributed by atoms with Gasteiger partial charge in [0, 0.05) is 0 Å². The van der Waals surface area contributed by atoms with Crippen LogP contribution >= 0.6 is 11.6 Å². The van der Waals surface area contributed by atoms with Gasteiger partial charge in [0.1, 0.15) is 6.54 Å². The molecule has 0 unspecified atom stereocenters. The van der Waals surface area contributed by atoms with Gasteiger partial charge in [0.05, 0.1) is 17.6 Å². The Morgan fingerprint density at radius 1 is 1.50 bits per heavy atom. The quantitative estimate of drug-likeness (QED) is 0.771. The molecular weight excluding hydrogens is 228 g/mol. The fourth-order valence-electron chi connectivity index (χ4n) is 1.53. The van der Waals surface area contributed by atoms with Gasteiger partial charge in [-0.3, -0.25) is 4.79 Å². The van der Waals surface area contributed by atoms with E-state index in [0.29, 0.717) is 11.9 Å². The van der Waals surface area contributed by atoms with E-state index in [4.69, 9.17) is 16.3 Å². The summed E-state index contributed by atoms with van der Waals surface area (Å²) in [6, 6.07) is 7.47. The van der Waals surface area contributed by atoms with Crippen LogP contribution in [0, 0.1) is 0 Å². The van der Waals surface area contributed by atoms with E-state index in [9.17, 15) is 4.79 Å². The Kier molecular flexibility index (Phi) is 3.10. The first-order valence-electron chi connectivity index (χ1n) is 4.98. The van der Waals surface area contributed by atoms with E-state index in [1.54, 1.807) is 11.5 Å². The number of hydrogen-bond acceptors (Lipinski definition) is 3. The van der Waals surface area contributed by atoms with E-state index in [2.05, 4.69) is 4.98 Å². The number of benzene rings is 1. The largest absolute Gasteiger partial charge is 0.465 e. The maximum Gasteiger partial charge on any atom is 0.326 e. The van der Waals surface area contributed by atoms with Crippen molar-refractivity contribution in [2.75, 3.05) is 6.61 Å². The molecule has 0 radical (unpaired) electrons. The minimum Gasteiger partial charge on any atom is -0.465 e. The highest BCUT2D eigenvalue weighted by Gasteiger charge is 2.11. The highest BCUT2D eigenvalue weighted by atomic mass is 35.5. The number of rotatable bonds is 3. The average Bonchev–Trinajstić information content (AvgIpc) is 2.56. The molecule has 84 valence electrons. The molecule has 2 aromatic rings. The second-order valence-electron chi connectivity index (χ2n) is 3.26. The summed E-state index contributed by atoms with van der Waals surface area (Å²) in [7, 11) is 0. The molecule has 0 aliphatic rings. The van der Waals surface area contributed by atoms with E-state index in [-0.39, 0.29) is 12.5 Å². The Balaban J connectivity index is 2.36. The Hall–Kier alpha value is -1.55. The van der Waals surface area contributed by atoms with E-state index in [1.165, 1.54) is 0 Å². The predicted molar refractivity (Wildman–Crippen MR) is 61.4 cm³/mol. The second-order valence-corrected chi connectivity index (χ2v) is 3.60. The van der Waals surface area contributed by atoms with E-state index >= 15 is 0 Å². The van der Waals surface area contributed by atoms with Crippen LogP contribution in [0.4, 0.5) is 0 Å². The summed E-state index contributed by atoms with van der Waals surface area (Å²) in [6.45, 7) is 2.22. The highest BCUT2D eigenvalue weighted by Crippen LogP contribution is 2.19. The maximum absolute atomic E-state index is 11.4. The van der Waals surface area contributed by atoms with Crippen LogP contribution in [0.2, 0.25) is 5.28 Å². The number of halogens is 1. The summed E-state index contributed by atoms with van der Waals surface area (Å²) in [5.74, 6) is -0.312. The highest BCUT2D eigenvalue weighted by molar-refractivity contribution is 6.29. The molecule has 0 N–H and O–H groups in total. The summed E-state index contributed by atoms with van der Waals surface area (Å²) >= 11 is 5.96. The first-order chi connectivity index (χ1) is 7.72. The van der Waals surface area contributed by atoms with Crippen LogP contribution < -0.4 is 0 Å². The molecule has 0 aliphatic heterocycles. The number of aromatic nitrogens is 2. The summed E-state index contributed by atoms with van der Waals surface area (Å²) < 4.78 is 6.51. The lowest BCUT2D eigenvalue weighted by Gasteiger charge is -2.04. The molecule has 5 heteroatoms. The predicted octanol–water partition coefficient (Wildman–Crippen LogP) is 2.25. The molecule has 1 aromatic heterocycles. The molecule has 0 spiro atoms. The molecule has 0 fully saturated rings. The van der Waals surface area contributed by atoms with Crippen LogP contribution in [0.5, 0.6) is 0 Å². The lowest BCUT2D eigenvalue weighted by atomic mass is 10.3. The Labute approximate surface area is 97.8 Å². The van der Waals surface area contributed by atoms with Crippen LogP contribution in [-0.2, 0) is 16.1 Å². The van der Waals surface area contributed by atoms with Crippen molar-refractivity contribution in [3.63, 3.8) is 0 Å². The minimum absolute atomic E-state index is 0.0905. The number of nitrogens with zero attached hydrogens (tertiary/aromatic N) is 2. The van der Waals surface area contributed by atoms with E-state index < -0.39 is 0 Å². The molecule has 1 heterocycles. The fraction of sp³-hybridized carbons (Fsp3) is 0.273.